The first-order valence-corrected chi connectivity index (χ1v) is 9.10. The zero-order chi connectivity index (χ0) is 18.3. The predicted molar refractivity (Wildman–Crippen MR) is 106 cm³/mol. The van der Waals surface area contributed by atoms with E-state index in [1.54, 1.807) is 6.20 Å². The number of aromatic nitrogens is 3. The normalized spacial score (nSPS) is 11.4. The molecule has 0 spiro atoms. The fourth-order valence-corrected chi connectivity index (χ4v) is 2.87. The third-order valence-corrected chi connectivity index (χ3v) is 4.26. The van der Waals surface area contributed by atoms with Crippen molar-refractivity contribution < 1.29 is 9.15 Å². The molecule has 0 aliphatic carbocycles. The number of para-hydroxylation sites is 3. The van der Waals surface area contributed by atoms with Crippen molar-refractivity contribution in [3.05, 3.63) is 78.7 Å². The van der Waals surface area contributed by atoms with Crippen LogP contribution in [-0.2, 0) is 6.54 Å². The molecule has 27 heavy (non-hydrogen) atoms. The Balaban J connectivity index is 1.35. The number of benzene rings is 2. The van der Waals surface area contributed by atoms with Crippen LogP contribution in [-0.4, -0.2) is 21.1 Å². The number of oxazole rings is 1. The van der Waals surface area contributed by atoms with Crippen molar-refractivity contribution >= 4 is 23.3 Å². The van der Waals surface area contributed by atoms with Crippen molar-refractivity contribution in [1.82, 2.24) is 14.5 Å². The van der Waals surface area contributed by atoms with Gasteiger partial charge in [0.05, 0.1) is 12.9 Å². The molecule has 0 aliphatic heterocycles. The molecule has 0 bridgehead atoms. The highest BCUT2D eigenvalue weighted by atomic mass is 16.5. The van der Waals surface area contributed by atoms with E-state index in [1.165, 1.54) is 0 Å². The molecule has 2 heterocycles. The fourth-order valence-electron chi connectivity index (χ4n) is 2.87. The number of hydrogen-bond acceptors (Lipinski definition) is 4. The molecule has 0 saturated heterocycles. The van der Waals surface area contributed by atoms with Crippen LogP contribution in [0.4, 0.5) is 0 Å². The van der Waals surface area contributed by atoms with Gasteiger partial charge in [0.25, 0.3) is 0 Å². The zero-order valence-corrected chi connectivity index (χ0v) is 15.0. The molecule has 2 aromatic carbocycles. The van der Waals surface area contributed by atoms with Gasteiger partial charge in [-0.05, 0) is 37.1 Å². The molecule has 4 aromatic rings. The summed E-state index contributed by atoms with van der Waals surface area (Å²) in [5.74, 6) is 1.46. The molecule has 0 radical (unpaired) electrons. The first-order chi connectivity index (χ1) is 13.4. The molecular formula is C22H21N3O2. The highest BCUT2D eigenvalue weighted by Gasteiger charge is 2.03. The maximum atomic E-state index is 5.98. The van der Waals surface area contributed by atoms with Crippen LogP contribution in [0.25, 0.3) is 23.3 Å². The SMILES string of the molecule is C(=C\c1ccccc1OCCCCn1ccnc1)/c1nc2ccccc2o1. The lowest BCUT2D eigenvalue weighted by Crippen LogP contribution is -2.01. The number of nitrogens with zero attached hydrogens (tertiary/aromatic N) is 3. The standard InChI is InChI=1S/C22H21N3O2/c1-3-9-20(26-16-6-5-14-25-15-13-23-17-25)18(7-1)11-12-22-24-19-8-2-4-10-21(19)27-22/h1-4,7-13,15,17H,5-6,14,16H2/b12-11+. The largest absolute Gasteiger partial charge is 0.493 e. The van der Waals surface area contributed by atoms with E-state index in [0.717, 1.165) is 41.8 Å². The highest BCUT2D eigenvalue weighted by Crippen LogP contribution is 2.22. The minimum Gasteiger partial charge on any atom is -0.493 e. The molecule has 0 amide bonds. The number of unbranched alkanes of at least 4 members (excludes halogenated alkanes) is 1. The Morgan fingerprint density at radius 3 is 2.78 bits per heavy atom. The summed E-state index contributed by atoms with van der Waals surface area (Å²) in [5, 5.41) is 0. The van der Waals surface area contributed by atoms with E-state index in [9.17, 15) is 0 Å². The van der Waals surface area contributed by atoms with E-state index >= 15 is 0 Å². The van der Waals surface area contributed by atoms with Gasteiger partial charge in [-0.15, -0.1) is 0 Å². The van der Waals surface area contributed by atoms with E-state index in [4.69, 9.17) is 9.15 Å². The lowest BCUT2D eigenvalue weighted by atomic mass is 10.2. The minimum absolute atomic E-state index is 0.589. The first kappa shape index (κ1) is 17.1. The lowest BCUT2D eigenvalue weighted by Gasteiger charge is -2.09. The van der Waals surface area contributed by atoms with Gasteiger partial charge in [-0.25, -0.2) is 9.97 Å². The molecule has 0 atom stereocenters. The molecule has 4 rings (SSSR count). The number of hydrogen-bond donors (Lipinski definition) is 0. The lowest BCUT2D eigenvalue weighted by molar-refractivity contribution is 0.302. The maximum Gasteiger partial charge on any atom is 0.220 e. The van der Waals surface area contributed by atoms with Gasteiger partial charge in [0.2, 0.25) is 5.89 Å². The Morgan fingerprint density at radius 2 is 1.89 bits per heavy atom. The van der Waals surface area contributed by atoms with Gasteiger partial charge in [-0.1, -0.05) is 30.3 Å². The second-order valence-corrected chi connectivity index (χ2v) is 6.25. The summed E-state index contributed by atoms with van der Waals surface area (Å²) >= 11 is 0. The topological polar surface area (TPSA) is 53.1 Å². The molecule has 0 N–H and O–H groups in total. The van der Waals surface area contributed by atoms with E-state index in [2.05, 4.69) is 14.5 Å². The van der Waals surface area contributed by atoms with E-state index in [1.807, 2.05) is 73.2 Å². The average Bonchev–Trinajstić information content (AvgIpc) is 3.36. The summed E-state index contributed by atoms with van der Waals surface area (Å²) in [4.78, 5) is 8.52. The summed E-state index contributed by atoms with van der Waals surface area (Å²) in [6, 6.07) is 15.7. The van der Waals surface area contributed by atoms with Gasteiger partial charge in [0.15, 0.2) is 5.58 Å². The number of imidazole rings is 1. The number of fused-ring (bicyclic) bond motifs is 1. The molecule has 5 heteroatoms. The molecule has 0 unspecified atom stereocenters. The second-order valence-electron chi connectivity index (χ2n) is 6.25. The van der Waals surface area contributed by atoms with Crippen molar-refractivity contribution in [3.63, 3.8) is 0 Å². The van der Waals surface area contributed by atoms with Crippen molar-refractivity contribution in [2.45, 2.75) is 19.4 Å². The quantitative estimate of drug-likeness (QED) is 0.413. The Labute approximate surface area is 157 Å². The van der Waals surface area contributed by atoms with Gasteiger partial charge >= 0.3 is 0 Å². The van der Waals surface area contributed by atoms with Gasteiger partial charge in [0.1, 0.15) is 11.3 Å². The van der Waals surface area contributed by atoms with E-state index < -0.39 is 0 Å². The third-order valence-electron chi connectivity index (χ3n) is 4.26. The van der Waals surface area contributed by atoms with E-state index in [-0.39, 0.29) is 0 Å². The van der Waals surface area contributed by atoms with Crippen LogP contribution >= 0.6 is 0 Å². The molecule has 136 valence electrons. The smallest absolute Gasteiger partial charge is 0.220 e. The van der Waals surface area contributed by atoms with Crippen LogP contribution in [0, 0.1) is 0 Å². The van der Waals surface area contributed by atoms with Gasteiger partial charge in [-0.2, -0.15) is 0 Å². The van der Waals surface area contributed by atoms with Crippen LogP contribution < -0.4 is 4.74 Å². The maximum absolute atomic E-state index is 5.98. The van der Waals surface area contributed by atoms with Crippen LogP contribution in [0.1, 0.15) is 24.3 Å². The van der Waals surface area contributed by atoms with Crippen molar-refractivity contribution in [2.75, 3.05) is 6.61 Å². The molecule has 0 saturated carbocycles. The monoisotopic (exact) mass is 359 g/mol. The average molecular weight is 359 g/mol. The van der Waals surface area contributed by atoms with Crippen LogP contribution in [0.5, 0.6) is 5.75 Å². The molecule has 2 aromatic heterocycles. The molecule has 5 nitrogen and oxygen atoms in total. The summed E-state index contributed by atoms with van der Waals surface area (Å²) in [6.45, 7) is 1.64. The van der Waals surface area contributed by atoms with Crippen LogP contribution in [0.3, 0.4) is 0 Å². The summed E-state index contributed by atoms with van der Waals surface area (Å²) in [7, 11) is 0. The van der Waals surface area contributed by atoms with Gasteiger partial charge in [0, 0.05) is 30.6 Å². The fraction of sp³-hybridized carbons (Fsp3) is 0.182. The number of rotatable bonds is 8. The summed E-state index contributed by atoms with van der Waals surface area (Å²) in [5.41, 5.74) is 2.66. The molecule has 0 aliphatic rings. The molecule has 0 fully saturated rings. The highest BCUT2D eigenvalue weighted by molar-refractivity contribution is 5.76. The van der Waals surface area contributed by atoms with Gasteiger partial charge in [-0.3, -0.25) is 0 Å². The van der Waals surface area contributed by atoms with Crippen molar-refractivity contribution in [1.29, 1.82) is 0 Å². The first-order valence-electron chi connectivity index (χ1n) is 9.10. The second kappa shape index (κ2) is 8.36. The summed E-state index contributed by atoms with van der Waals surface area (Å²) < 4.78 is 13.8. The van der Waals surface area contributed by atoms with E-state index in [0.29, 0.717) is 12.5 Å². The number of ether oxygens (including phenoxy) is 1. The Bertz CT molecular complexity index is 986. The predicted octanol–water partition coefficient (Wildman–Crippen LogP) is 5.05. The molecular weight excluding hydrogens is 338 g/mol. The van der Waals surface area contributed by atoms with Gasteiger partial charge < -0.3 is 13.7 Å². The number of aryl methyl sites for hydroxylation is 1. The minimum atomic E-state index is 0.589. The third kappa shape index (κ3) is 4.44. The van der Waals surface area contributed by atoms with Crippen LogP contribution in [0.2, 0.25) is 0 Å². The van der Waals surface area contributed by atoms with Crippen molar-refractivity contribution in [2.24, 2.45) is 0 Å². The Hall–Kier alpha value is -3.34. The zero-order valence-electron chi connectivity index (χ0n) is 15.0. The summed E-state index contributed by atoms with van der Waals surface area (Å²) in [6.07, 6.45) is 11.5. The Kier molecular flexibility index (Phi) is 5.29. The van der Waals surface area contributed by atoms with Crippen LogP contribution in [0.15, 0.2) is 71.7 Å². The Morgan fingerprint density at radius 1 is 1.00 bits per heavy atom. The van der Waals surface area contributed by atoms with Crippen molar-refractivity contribution in [3.8, 4) is 5.75 Å².